The Morgan fingerprint density at radius 3 is 2.65 bits per heavy atom. The van der Waals surface area contributed by atoms with Crippen LogP contribution in [0.25, 0.3) is 0 Å². The molecule has 20 heavy (non-hydrogen) atoms. The number of hydrogen-bond donors (Lipinski definition) is 2. The van der Waals surface area contributed by atoms with E-state index in [1.807, 2.05) is 13.8 Å². The number of aromatic nitrogens is 2. The molecule has 112 valence electrons. The predicted molar refractivity (Wildman–Crippen MR) is 75.7 cm³/mol. The second kappa shape index (κ2) is 6.93. The first-order valence-electron chi connectivity index (χ1n) is 6.70. The van der Waals surface area contributed by atoms with Crippen LogP contribution in [0, 0.1) is 5.92 Å². The highest BCUT2D eigenvalue weighted by atomic mass is 16.4. The zero-order valence-electron chi connectivity index (χ0n) is 12.4. The minimum absolute atomic E-state index is 0.180. The van der Waals surface area contributed by atoms with E-state index < -0.39 is 11.9 Å². The molecule has 0 saturated heterocycles. The molecule has 0 radical (unpaired) electrons. The van der Waals surface area contributed by atoms with Crippen LogP contribution >= 0.6 is 0 Å². The van der Waals surface area contributed by atoms with Crippen molar-refractivity contribution in [3.05, 3.63) is 11.9 Å². The number of hydrogen-bond acceptors (Lipinski definition) is 3. The number of carbonyl (C=O) groups is 2. The summed E-state index contributed by atoms with van der Waals surface area (Å²) < 4.78 is 1.64. The van der Waals surface area contributed by atoms with Crippen LogP contribution in [-0.4, -0.2) is 44.9 Å². The minimum Gasteiger partial charge on any atom is -0.481 e. The number of carboxylic acids is 1. The summed E-state index contributed by atoms with van der Waals surface area (Å²) in [5.74, 6) is -1.51. The molecule has 0 aromatic carbocycles. The van der Waals surface area contributed by atoms with Gasteiger partial charge in [0.15, 0.2) is 0 Å². The molecule has 7 heteroatoms. The number of urea groups is 1. The highest BCUT2D eigenvalue weighted by Gasteiger charge is 2.20. The van der Waals surface area contributed by atoms with Crippen molar-refractivity contribution in [1.82, 2.24) is 14.7 Å². The lowest BCUT2D eigenvalue weighted by molar-refractivity contribution is -0.141. The van der Waals surface area contributed by atoms with Crippen LogP contribution in [0.5, 0.6) is 0 Å². The summed E-state index contributed by atoms with van der Waals surface area (Å²) in [5, 5.41) is 15.9. The summed E-state index contributed by atoms with van der Waals surface area (Å²) in [5.41, 5.74) is 1.48. The van der Waals surface area contributed by atoms with Crippen molar-refractivity contribution in [1.29, 1.82) is 0 Å². The molecule has 1 unspecified atom stereocenters. The quantitative estimate of drug-likeness (QED) is 0.828. The lowest BCUT2D eigenvalue weighted by Crippen LogP contribution is -2.39. The van der Waals surface area contributed by atoms with E-state index in [4.69, 9.17) is 5.11 Å². The Morgan fingerprint density at radius 1 is 1.50 bits per heavy atom. The predicted octanol–water partition coefficient (Wildman–Crippen LogP) is 1.56. The van der Waals surface area contributed by atoms with Gasteiger partial charge >= 0.3 is 12.0 Å². The van der Waals surface area contributed by atoms with Crippen LogP contribution in [0.3, 0.4) is 0 Å². The number of nitrogens with zero attached hydrogens (tertiary/aromatic N) is 3. The Bertz CT molecular complexity index is 484. The first kappa shape index (κ1) is 16.0. The van der Waals surface area contributed by atoms with E-state index in [1.54, 1.807) is 24.9 Å². The van der Waals surface area contributed by atoms with E-state index >= 15 is 0 Å². The van der Waals surface area contributed by atoms with E-state index in [0.717, 1.165) is 5.69 Å². The number of carbonyl (C=O) groups excluding carboxylic acids is 1. The number of rotatable bonds is 6. The summed E-state index contributed by atoms with van der Waals surface area (Å²) in [4.78, 5) is 24.5. The monoisotopic (exact) mass is 282 g/mol. The zero-order chi connectivity index (χ0) is 15.3. The second-order valence-corrected chi connectivity index (χ2v) is 4.72. The summed E-state index contributed by atoms with van der Waals surface area (Å²) >= 11 is 0. The number of nitrogens with one attached hydrogen (secondary N) is 1. The number of carboxylic acid groups (broad SMARTS) is 1. The molecule has 0 bridgehead atoms. The minimum atomic E-state index is -0.910. The van der Waals surface area contributed by atoms with Crippen molar-refractivity contribution >= 4 is 17.7 Å². The van der Waals surface area contributed by atoms with Crippen molar-refractivity contribution in [2.75, 3.05) is 18.4 Å². The molecule has 0 aliphatic rings. The van der Waals surface area contributed by atoms with Gasteiger partial charge in [-0.1, -0.05) is 13.8 Å². The van der Waals surface area contributed by atoms with Crippen LogP contribution in [0.15, 0.2) is 6.20 Å². The molecule has 0 saturated carbocycles. The largest absolute Gasteiger partial charge is 0.481 e. The maximum Gasteiger partial charge on any atom is 0.321 e. The summed E-state index contributed by atoms with van der Waals surface area (Å²) in [7, 11) is 1.79. The van der Waals surface area contributed by atoms with Gasteiger partial charge in [0.25, 0.3) is 0 Å². The third-order valence-electron chi connectivity index (χ3n) is 3.07. The van der Waals surface area contributed by atoms with Crippen molar-refractivity contribution < 1.29 is 14.7 Å². The normalized spacial score (nSPS) is 12.0. The van der Waals surface area contributed by atoms with Gasteiger partial charge in [-0.2, -0.15) is 5.10 Å². The van der Waals surface area contributed by atoms with Gasteiger partial charge in [0.05, 0.1) is 17.3 Å². The number of anilines is 1. The van der Waals surface area contributed by atoms with Gasteiger partial charge < -0.3 is 15.3 Å². The van der Waals surface area contributed by atoms with Gasteiger partial charge in [-0.25, -0.2) is 4.79 Å². The van der Waals surface area contributed by atoms with Gasteiger partial charge in [-0.05, 0) is 13.3 Å². The summed E-state index contributed by atoms with van der Waals surface area (Å²) in [6.45, 7) is 5.99. The molecular weight excluding hydrogens is 260 g/mol. The third-order valence-corrected chi connectivity index (χ3v) is 3.07. The second-order valence-electron chi connectivity index (χ2n) is 4.72. The lowest BCUT2D eigenvalue weighted by atomic mass is 10.2. The lowest BCUT2D eigenvalue weighted by Gasteiger charge is -2.23. The first-order chi connectivity index (χ1) is 9.38. The molecule has 0 fully saturated rings. The first-order valence-corrected chi connectivity index (χ1v) is 6.70. The zero-order valence-corrected chi connectivity index (χ0v) is 12.4. The standard InChI is InChI=1S/C13H22N4O3/c1-5-10-11(8-16(4)15-10)14-13(20)17(6-2)7-9(3)12(18)19/h8-9H,5-7H2,1-4H3,(H,14,20)(H,18,19). The van der Waals surface area contributed by atoms with Crippen LogP contribution < -0.4 is 5.32 Å². The van der Waals surface area contributed by atoms with Crippen LogP contribution in [-0.2, 0) is 18.3 Å². The maximum absolute atomic E-state index is 12.2. The van der Waals surface area contributed by atoms with E-state index in [1.165, 1.54) is 4.90 Å². The van der Waals surface area contributed by atoms with Gasteiger partial charge in [0.1, 0.15) is 0 Å². The number of aryl methyl sites for hydroxylation is 2. The van der Waals surface area contributed by atoms with Gasteiger partial charge in [0.2, 0.25) is 0 Å². The molecule has 1 aromatic rings. The van der Waals surface area contributed by atoms with Crippen LogP contribution in [0.1, 0.15) is 26.5 Å². The van der Waals surface area contributed by atoms with Crippen molar-refractivity contribution in [2.45, 2.75) is 27.2 Å². The van der Waals surface area contributed by atoms with Gasteiger partial charge in [-0.15, -0.1) is 0 Å². The topological polar surface area (TPSA) is 87.5 Å². The van der Waals surface area contributed by atoms with Gasteiger partial charge in [0, 0.05) is 26.3 Å². The fourth-order valence-electron chi connectivity index (χ4n) is 1.86. The smallest absolute Gasteiger partial charge is 0.321 e. The Morgan fingerprint density at radius 2 is 2.15 bits per heavy atom. The fraction of sp³-hybridized carbons (Fsp3) is 0.615. The molecule has 7 nitrogen and oxygen atoms in total. The van der Waals surface area contributed by atoms with E-state index in [2.05, 4.69) is 10.4 Å². The molecule has 1 aromatic heterocycles. The van der Waals surface area contributed by atoms with E-state index in [9.17, 15) is 9.59 Å². The van der Waals surface area contributed by atoms with Crippen molar-refractivity contribution in [3.8, 4) is 0 Å². The third kappa shape index (κ3) is 3.97. The number of aliphatic carboxylic acids is 1. The Balaban J connectivity index is 2.74. The molecule has 2 amide bonds. The molecule has 2 N–H and O–H groups in total. The molecule has 0 spiro atoms. The van der Waals surface area contributed by atoms with Crippen LogP contribution in [0.4, 0.5) is 10.5 Å². The molecule has 1 rings (SSSR count). The molecule has 1 atom stereocenters. The van der Waals surface area contributed by atoms with Gasteiger partial charge in [-0.3, -0.25) is 9.48 Å². The maximum atomic E-state index is 12.2. The Kier molecular flexibility index (Phi) is 5.54. The number of amides is 2. The highest BCUT2D eigenvalue weighted by Crippen LogP contribution is 2.14. The molecule has 0 aliphatic carbocycles. The molecular formula is C13H22N4O3. The average molecular weight is 282 g/mol. The van der Waals surface area contributed by atoms with Crippen molar-refractivity contribution in [2.24, 2.45) is 13.0 Å². The Hall–Kier alpha value is -2.05. The van der Waals surface area contributed by atoms with Crippen LogP contribution in [0.2, 0.25) is 0 Å². The van der Waals surface area contributed by atoms with E-state index in [0.29, 0.717) is 18.7 Å². The fourth-order valence-corrected chi connectivity index (χ4v) is 1.86. The highest BCUT2D eigenvalue weighted by molar-refractivity contribution is 5.90. The molecule has 0 aliphatic heterocycles. The van der Waals surface area contributed by atoms with E-state index in [-0.39, 0.29) is 12.6 Å². The van der Waals surface area contributed by atoms with Crippen molar-refractivity contribution in [3.63, 3.8) is 0 Å². The SMILES string of the molecule is CCc1nn(C)cc1NC(=O)N(CC)CC(C)C(=O)O. The Labute approximate surface area is 118 Å². The summed E-state index contributed by atoms with van der Waals surface area (Å²) in [6, 6.07) is -0.302. The molecule has 1 heterocycles. The average Bonchev–Trinajstić information content (AvgIpc) is 2.75. The summed E-state index contributed by atoms with van der Waals surface area (Å²) in [6.07, 6.45) is 2.46.